The number of piperidine rings is 1. The Morgan fingerprint density at radius 3 is 2.44 bits per heavy atom. The molecule has 0 bridgehead atoms. The lowest BCUT2D eigenvalue weighted by atomic mass is 9.81. The van der Waals surface area contributed by atoms with Gasteiger partial charge in [0.1, 0.15) is 0 Å². The molecule has 1 aliphatic heterocycles. The minimum Gasteiger partial charge on any atom is -0.354 e. The molecule has 1 aliphatic rings. The number of hydrogen-bond acceptors (Lipinski definition) is 4. The van der Waals surface area contributed by atoms with Crippen molar-refractivity contribution in [2.75, 3.05) is 39.5 Å². The van der Waals surface area contributed by atoms with Crippen molar-refractivity contribution >= 4 is 15.9 Å². The molecule has 18 heavy (non-hydrogen) atoms. The molecule has 0 radical (unpaired) electrons. The summed E-state index contributed by atoms with van der Waals surface area (Å²) in [4.78, 5) is 11.7. The lowest BCUT2D eigenvalue weighted by Gasteiger charge is -2.34. The highest BCUT2D eigenvalue weighted by molar-refractivity contribution is 7.88. The van der Waals surface area contributed by atoms with Crippen LogP contribution >= 0.6 is 0 Å². The molecule has 2 N–H and O–H groups in total. The van der Waals surface area contributed by atoms with E-state index in [9.17, 15) is 13.2 Å². The van der Waals surface area contributed by atoms with Gasteiger partial charge in [0.25, 0.3) is 0 Å². The first-order chi connectivity index (χ1) is 8.23. The van der Waals surface area contributed by atoms with E-state index < -0.39 is 10.0 Å². The molecule has 1 amide bonds. The van der Waals surface area contributed by atoms with Gasteiger partial charge in [0.2, 0.25) is 15.9 Å². The van der Waals surface area contributed by atoms with Crippen molar-refractivity contribution in [1.82, 2.24) is 14.9 Å². The highest BCUT2D eigenvalue weighted by atomic mass is 32.2. The van der Waals surface area contributed by atoms with Crippen molar-refractivity contribution in [2.45, 2.75) is 19.8 Å². The van der Waals surface area contributed by atoms with Crippen LogP contribution < -0.4 is 10.6 Å². The van der Waals surface area contributed by atoms with E-state index in [4.69, 9.17) is 0 Å². The molecule has 0 atom stereocenters. The maximum Gasteiger partial charge on any atom is 0.235 e. The molecular weight excluding hydrogens is 254 g/mol. The number of sulfonamides is 1. The molecule has 1 saturated heterocycles. The van der Waals surface area contributed by atoms with E-state index in [1.54, 1.807) is 0 Å². The van der Waals surface area contributed by atoms with Gasteiger partial charge >= 0.3 is 0 Å². The molecule has 0 aromatic heterocycles. The predicted octanol–water partition coefficient (Wildman–Crippen LogP) is -0.616. The van der Waals surface area contributed by atoms with Gasteiger partial charge in [-0.2, -0.15) is 4.31 Å². The van der Waals surface area contributed by atoms with Gasteiger partial charge < -0.3 is 10.6 Å². The number of rotatable bonds is 5. The average molecular weight is 277 g/mol. The van der Waals surface area contributed by atoms with E-state index in [1.165, 1.54) is 7.05 Å². The van der Waals surface area contributed by atoms with Crippen LogP contribution in [0.4, 0.5) is 0 Å². The molecule has 0 spiro atoms. The summed E-state index contributed by atoms with van der Waals surface area (Å²) in [7, 11) is -1.89. The van der Waals surface area contributed by atoms with Gasteiger partial charge in [-0.1, -0.05) is 6.92 Å². The summed E-state index contributed by atoms with van der Waals surface area (Å²) in [6.07, 6.45) is 3.14. The van der Waals surface area contributed by atoms with Crippen LogP contribution in [-0.4, -0.2) is 58.1 Å². The highest BCUT2D eigenvalue weighted by Crippen LogP contribution is 2.26. The van der Waals surface area contributed by atoms with Gasteiger partial charge in [-0.3, -0.25) is 4.79 Å². The van der Waals surface area contributed by atoms with E-state index in [2.05, 4.69) is 17.6 Å². The molecule has 1 fully saturated rings. The monoisotopic (exact) mass is 277 g/mol. The van der Waals surface area contributed by atoms with Crippen LogP contribution in [0.2, 0.25) is 0 Å². The number of likely N-dealkylation sites (N-methyl/N-ethyl adjacent to an activating group) is 1. The number of amides is 1. The fourth-order valence-corrected chi connectivity index (χ4v) is 2.25. The summed E-state index contributed by atoms with van der Waals surface area (Å²) in [5, 5.41) is 6.10. The van der Waals surface area contributed by atoms with Crippen molar-refractivity contribution in [3.8, 4) is 0 Å². The zero-order valence-electron chi connectivity index (χ0n) is 11.3. The Morgan fingerprint density at radius 1 is 1.39 bits per heavy atom. The topological polar surface area (TPSA) is 78.5 Å². The largest absolute Gasteiger partial charge is 0.354 e. The Kier molecular flexibility index (Phi) is 5.12. The van der Waals surface area contributed by atoms with Crippen LogP contribution in [0.15, 0.2) is 0 Å². The number of carbonyl (C=O) groups is 1. The zero-order chi connectivity index (χ0) is 13.8. The van der Waals surface area contributed by atoms with Gasteiger partial charge in [0.05, 0.1) is 12.8 Å². The third-order valence-corrected chi connectivity index (χ3v) is 4.72. The molecular formula is C11H23N3O3S. The van der Waals surface area contributed by atoms with Crippen LogP contribution in [0.3, 0.4) is 0 Å². The summed E-state index contributed by atoms with van der Waals surface area (Å²) >= 11 is 0. The Balaban J connectivity index is 2.37. The minimum absolute atomic E-state index is 0.116. The second-order valence-electron chi connectivity index (χ2n) is 5.36. The van der Waals surface area contributed by atoms with E-state index >= 15 is 0 Å². The Labute approximate surface area is 109 Å². The maximum atomic E-state index is 11.7. The van der Waals surface area contributed by atoms with E-state index in [-0.39, 0.29) is 17.9 Å². The molecule has 1 rings (SSSR count). The second kappa shape index (κ2) is 5.99. The number of nitrogens with one attached hydrogen (secondary N) is 2. The van der Waals surface area contributed by atoms with Crippen LogP contribution in [-0.2, 0) is 14.8 Å². The molecule has 0 saturated carbocycles. The lowest BCUT2D eigenvalue weighted by Crippen LogP contribution is -2.45. The number of carbonyl (C=O) groups excluding carboxylic acids is 1. The molecule has 0 aromatic rings. The second-order valence-corrected chi connectivity index (χ2v) is 7.45. The average Bonchev–Trinajstić information content (AvgIpc) is 2.26. The quantitative estimate of drug-likeness (QED) is 0.702. The first-order valence-electron chi connectivity index (χ1n) is 6.12. The van der Waals surface area contributed by atoms with Gasteiger partial charge in [-0.15, -0.1) is 0 Å². The molecule has 7 heteroatoms. The standard InChI is InChI=1S/C11H23N3O3S/c1-11(4-6-12-7-5-11)9-13-10(15)8-14(2)18(3,16)17/h12H,4-9H2,1-3H3,(H,13,15). The number of hydrogen-bond donors (Lipinski definition) is 2. The van der Waals surface area contributed by atoms with Crippen molar-refractivity contribution in [2.24, 2.45) is 5.41 Å². The maximum absolute atomic E-state index is 11.7. The van der Waals surface area contributed by atoms with Crippen LogP contribution in [0.5, 0.6) is 0 Å². The number of nitrogens with zero attached hydrogens (tertiary/aromatic N) is 1. The molecule has 0 aliphatic carbocycles. The van der Waals surface area contributed by atoms with Crippen molar-refractivity contribution < 1.29 is 13.2 Å². The third kappa shape index (κ3) is 4.91. The van der Waals surface area contributed by atoms with E-state index in [0.717, 1.165) is 36.5 Å². The molecule has 6 nitrogen and oxygen atoms in total. The normalized spacial score (nSPS) is 19.8. The van der Waals surface area contributed by atoms with Crippen molar-refractivity contribution in [3.05, 3.63) is 0 Å². The highest BCUT2D eigenvalue weighted by Gasteiger charge is 2.27. The Bertz CT molecular complexity index is 388. The fourth-order valence-electron chi connectivity index (χ4n) is 1.89. The zero-order valence-corrected chi connectivity index (χ0v) is 12.1. The lowest BCUT2D eigenvalue weighted by molar-refractivity contribution is -0.121. The van der Waals surface area contributed by atoms with Crippen molar-refractivity contribution in [3.63, 3.8) is 0 Å². The SMILES string of the molecule is CN(CC(=O)NCC1(C)CCNCC1)S(C)(=O)=O. The predicted molar refractivity (Wildman–Crippen MR) is 70.7 cm³/mol. The first-order valence-corrected chi connectivity index (χ1v) is 7.96. The molecule has 0 unspecified atom stereocenters. The van der Waals surface area contributed by atoms with Gasteiger partial charge in [0, 0.05) is 13.6 Å². The van der Waals surface area contributed by atoms with Gasteiger partial charge in [-0.25, -0.2) is 8.42 Å². The van der Waals surface area contributed by atoms with Crippen LogP contribution in [0, 0.1) is 5.41 Å². The van der Waals surface area contributed by atoms with Crippen molar-refractivity contribution in [1.29, 1.82) is 0 Å². The summed E-state index contributed by atoms with van der Waals surface area (Å²) in [6.45, 7) is 4.57. The molecule has 0 aromatic carbocycles. The third-order valence-electron chi connectivity index (χ3n) is 3.46. The van der Waals surface area contributed by atoms with Gasteiger partial charge in [0.15, 0.2) is 0 Å². The minimum atomic E-state index is -3.29. The Hall–Kier alpha value is -0.660. The van der Waals surface area contributed by atoms with E-state index in [1.807, 2.05) is 0 Å². The fraction of sp³-hybridized carbons (Fsp3) is 0.909. The van der Waals surface area contributed by atoms with E-state index in [0.29, 0.717) is 6.54 Å². The molecule has 1 heterocycles. The van der Waals surface area contributed by atoms with Crippen LogP contribution in [0.25, 0.3) is 0 Å². The smallest absolute Gasteiger partial charge is 0.235 e. The summed E-state index contributed by atoms with van der Waals surface area (Å²) < 4.78 is 23.4. The summed E-state index contributed by atoms with van der Waals surface area (Å²) in [6, 6.07) is 0. The Morgan fingerprint density at radius 2 is 1.94 bits per heavy atom. The first kappa shape index (κ1) is 15.4. The van der Waals surface area contributed by atoms with Crippen LogP contribution in [0.1, 0.15) is 19.8 Å². The summed E-state index contributed by atoms with van der Waals surface area (Å²) in [5.74, 6) is -0.248. The van der Waals surface area contributed by atoms with Gasteiger partial charge in [-0.05, 0) is 31.3 Å². The molecule has 106 valence electrons. The summed E-state index contributed by atoms with van der Waals surface area (Å²) in [5.41, 5.74) is 0.116.